The Kier molecular flexibility index (Phi) is 8.01. The molecule has 6 nitrogen and oxygen atoms in total. The lowest BCUT2D eigenvalue weighted by Crippen LogP contribution is -2.40. The number of benzene rings is 1. The number of anilines is 1. The fourth-order valence-electron chi connectivity index (χ4n) is 3.79. The quantitative estimate of drug-likeness (QED) is 0.622. The normalized spacial score (nSPS) is 16.2. The van der Waals surface area contributed by atoms with Crippen molar-refractivity contribution in [3.63, 3.8) is 0 Å². The van der Waals surface area contributed by atoms with Crippen LogP contribution in [0.4, 0.5) is 5.00 Å². The predicted octanol–water partition coefficient (Wildman–Crippen LogP) is 3.87. The maximum Gasteiger partial charge on any atom is 0.341 e. The van der Waals surface area contributed by atoms with Gasteiger partial charge in [-0.25, -0.2) is 4.79 Å². The molecule has 1 amide bonds. The Morgan fingerprint density at radius 3 is 2.57 bits per heavy atom. The number of esters is 1. The maximum absolute atomic E-state index is 12.6. The van der Waals surface area contributed by atoms with Crippen molar-refractivity contribution in [1.29, 1.82) is 0 Å². The lowest BCUT2D eigenvalue weighted by molar-refractivity contribution is -0.117. The van der Waals surface area contributed by atoms with E-state index in [0.29, 0.717) is 17.2 Å². The van der Waals surface area contributed by atoms with Crippen molar-refractivity contribution < 1.29 is 19.4 Å². The van der Waals surface area contributed by atoms with Gasteiger partial charge < -0.3 is 15.2 Å². The lowest BCUT2D eigenvalue weighted by atomic mass is 9.87. The van der Waals surface area contributed by atoms with Gasteiger partial charge in [-0.3, -0.25) is 9.69 Å². The van der Waals surface area contributed by atoms with Gasteiger partial charge in [0, 0.05) is 4.88 Å². The molecule has 2 N–H and O–H groups in total. The van der Waals surface area contributed by atoms with E-state index < -0.39 is 12.1 Å². The van der Waals surface area contributed by atoms with Crippen LogP contribution in [-0.2, 0) is 16.0 Å². The molecule has 2 heterocycles. The van der Waals surface area contributed by atoms with Crippen molar-refractivity contribution in [2.75, 3.05) is 31.6 Å². The third kappa shape index (κ3) is 5.68. The van der Waals surface area contributed by atoms with E-state index in [0.717, 1.165) is 42.8 Å². The van der Waals surface area contributed by atoms with Crippen molar-refractivity contribution in [1.82, 2.24) is 4.90 Å². The number of aliphatic hydroxyl groups is 1. The molecule has 1 aliphatic heterocycles. The highest BCUT2D eigenvalue weighted by atomic mass is 32.1. The van der Waals surface area contributed by atoms with Gasteiger partial charge in [0.2, 0.25) is 5.91 Å². The monoisotopic (exact) mass is 430 g/mol. The van der Waals surface area contributed by atoms with Crippen LogP contribution in [0.25, 0.3) is 0 Å². The molecule has 0 aliphatic carbocycles. The SMILES string of the molecule is CCOC(=O)c1cc(CC)sc1NC(=O)CN1CCC(C(O)c2ccccc2)CC1. The number of thiophene rings is 1. The van der Waals surface area contributed by atoms with Gasteiger partial charge in [-0.05, 0) is 56.8 Å². The molecule has 3 rings (SSSR count). The summed E-state index contributed by atoms with van der Waals surface area (Å²) < 4.78 is 5.11. The van der Waals surface area contributed by atoms with Gasteiger partial charge in [-0.1, -0.05) is 37.3 Å². The van der Waals surface area contributed by atoms with E-state index in [2.05, 4.69) is 10.2 Å². The van der Waals surface area contributed by atoms with Crippen LogP contribution in [0.5, 0.6) is 0 Å². The van der Waals surface area contributed by atoms with E-state index in [1.165, 1.54) is 11.3 Å². The minimum absolute atomic E-state index is 0.132. The summed E-state index contributed by atoms with van der Waals surface area (Å²) in [6, 6.07) is 11.5. The molecule has 1 saturated heterocycles. The number of rotatable bonds is 8. The molecule has 1 fully saturated rings. The Labute approximate surface area is 181 Å². The van der Waals surface area contributed by atoms with Crippen LogP contribution in [0.15, 0.2) is 36.4 Å². The molecule has 0 bridgehead atoms. The minimum atomic E-state index is -0.465. The standard InChI is InChI=1S/C23H30N2O4S/c1-3-18-14-19(23(28)29-4-2)22(30-18)24-20(26)15-25-12-10-17(11-13-25)21(27)16-8-6-5-7-9-16/h5-9,14,17,21,27H,3-4,10-13,15H2,1-2H3,(H,24,26). The van der Waals surface area contributed by atoms with Gasteiger partial charge in [0.15, 0.2) is 0 Å². The first-order valence-corrected chi connectivity index (χ1v) is 11.4. The van der Waals surface area contributed by atoms with Crippen LogP contribution < -0.4 is 5.32 Å². The molecule has 1 aromatic carbocycles. The molecule has 2 aromatic rings. The smallest absolute Gasteiger partial charge is 0.341 e. The summed E-state index contributed by atoms with van der Waals surface area (Å²) in [7, 11) is 0. The van der Waals surface area contributed by atoms with Crippen molar-refractivity contribution in [2.24, 2.45) is 5.92 Å². The topological polar surface area (TPSA) is 78.9 Å². The van der Waals surface area contributed by atoms with Gasteiger partial charge in [-0.15, -0.1) is 11.3 Å². The highest BCUT2D eigenvalue weighted by Crippen LogP contribution is 2.31. The van der Waals surface area contributed by atoms with Crippen LogP contribution in [-0.4, -0.2) is 48.1 Å². The number of aryl methyl sites for hydroxylation is 1. The summed E-state index contributed by atoms with van der Waals surface area (Å²) in [5, 5.41) is 14.1. The molecule has 1 aliphatic rings. The highest BCUT2D eigenvalue weighted by Gasteiger charge is 2.27. The number of ether oxygens (including phenoxy) is 1. The average Bonchev–Trinajstić information content (AvgIpc) is 3.17. The number of hydrogen-bond donors (Lipinski definition) is 2. The molecule has 0 saturated carbocycles. The van der Waals surface area contributed by atoms with E-state index in [9.17, 15) is 14.7 Å². The van der Waals surface area contributed by atoms with Gasteiger partial charge in [0.05, 0.1) is 24.8 Å². The largest absolute Gasteiger partial charge is 0.462 e. The van der Waals surface area contributed by atoms with E-state index >= 15 is 0 Å². The van der Waals surface area contributed by atoms with Crippen LogP contribution >= 0.6 is 11.3 Å². The zero-order valence-electron chi connectivity index (χ0n) is 17.6. The predicted molar refractivity (Wildman–Crippen MR) is 119 cm³/mol. The molecule has 30 heavy (non-hydrogen) atoms. The molecular weight excluding hydrogens is 400 g/mol. The first-order chi connectivity index (χ1) is 14.5. The first kappa shape index (κ1) is 22.5. The molecule has 7 heteroatoms. The Morgan fingerprint density at radius 2 is 1.93 bits per heavy atom. The van der Waals surface area contributed by atoms with E-state index in [1.54, 1.807) is 13.0 Å². The van der Waals surface area contributed by atoms with Crippen molar-refractivity contribution in [2.45, 2.75) is 39.2 Å². The number of carbonyl (C=O) groups excluding carboxylic acids is 2. The molecular formula is C23H30N2O4S. The van der Waals surface area contributed by atoms with Crippen molar-refractivity contribution >= 4 is 28.2 Å². The van der Waals surface area contributed by atoms with Gasteiger partial charge >= 0.3 is 5.97 Å². The Balaban J connectivity index is 1.53. The summed E-state index contributed by atoms with van der Waals surface area (Å²) >= 11 is 1.42. The summed E-state index contributed by atoms with van der Waals surface area (Å²) in [5.41, 5.74) is 1.38. The second-order valence-electron chi connectivity index (χ2n) is 7.55. The highest BCUT2D eigenvalue weighted by molar-refractivity contribution is 7.16. The fourth-order valence-corrected chi connectivity index (χ4v) is 4.79. The molecule has 0 radical (unpaired) electrons. The van der Waals surface area contributed by atoms with Crippen molar-refractivity contribution in [3.05, 3.63) is 52.4 Å². The number of aliphatic hydroxyl groups excluding tert-OH is 1. The molecule has 1 aromatic heterocycles. The summed E-state index contributed by atoms with van der Waals surface area (Å²) in [4.78, 5) is 27.9. The van der Waals surface area contributed by atoms with E-state index in [-0.39, 0.29) is 18.4 Å². The average molecular weight is 431 g/mol. The van der Waals surface area contributed by atoms with E-state index in [4.69, 9.17) is 4.74 Å². The Bertz CT molecular complexity index is 844. The third-order valence-electron chi connectivity index (χ3n) is 5.47. The summed E-state index contributed by atoms with van der Waals surface area (Å²) in [6.07, 6.45) is 2.02. The number of nitrogens with zero attached hydrogens (tertiary/aromatic N) is 1. The minimum Gasteiger partial charge on any atom is -0.462 e. The number of piperidine rings is 1. The number of carbonyl (C=O) groups is 2. The van der Waals surface area contributed by atoms with Crippen LogP contribution in [0.3, 0.4) is 0 Å². The summed E-state index contributed by atoms with van der Waals surface area (Å²) in [5.74, 6) is -0.335. The molecule has 162 valence electrons. The Morgan fingerprint density at radius 1 is 1.23 bits per heavy atom. The lowest BCUT2D eigenvalue weighted by Gasteiger charge is -2.33. The van der Waals surface area contributed by atoms with Crippen LogP contribution in [0, 0.1) is 5.92 Å². The molecule has 0 spiro atoms. The Hall–Kier alpha value is -2.22. The number of likely N-dealkylation sites (tertiary alicyclic amines) is 1. The van der Waals surface area contributed by atoms with Gasteiger partial charge in [-0.2, -0.15) is 0 Å². The number of hydrogen-bond acceptors (Lipinski definition) is 6. The van der Waals surface area contributed by atoms with Crippen molar-refractivity contribution in [3.8, 4) is 0 Å². The van der Waals surface area contributed by atoms with Gasteiger partial charge in [0.1, 0.15) is 5.00 Å². The number of nitrogens with one attached hydrogen (secondary N) is 1. The second kappa shape index (κ2) is 10.7. The molecule has 1 unspecified atom stereocenters. The zero-order chi connectivity index (χ0) is 21.5. The number of amides is 1. The zero-order valence-corrected chi connectivity index (χ0v) is 18.4. The fraction of sp³-hybridized carbons (Fsp3) is 0.478. The first-order valence-electron chi connectivity index (χ1n) is 10.6. The maximum atomic E-state index is 12.6. The van der Waals surface area contributed by atoms with E-state index in [1.807, 2.05) is 37.3 Å². The second-order valence-corrected chi connectivity index (χ2v) is 8.68. The molecule has 1 atom stereocenters. The van der Waals surface area contributed by atoms with Crippen LogP contribution in [0.2, 0.25) is 0 Å². The summed E-state index contributed by atoms with van der Waals surface area (Å²) in [6.45, 7) is 5.87. The van der Waals surface area contributed by atoms with Crippen LogP contribution in [0.1, 0.15) is 53.6 Å². The van der Waals surface area contributed by atoms with Gasteiger partial charge in [0.25, 0.3) is 0 Å². The third-order valence-corrected chi connectivity index (χ3v) is 6.66.